The van der Waals surface area contributed by atoms with Gasteiger partial charge in [-0.3, -0.25) is 0 Å². The van der Waals surface area contributed by atoms with Crippen LogP contribution in [0.1, 0.15) is 15.9 Å². The Labute approximate surface area is 107 Å². The first-order chi connectivity index (χ1) is 8.49. The molecule has 0 spiro atoms. The number of nitrogens with zero attached hydrogens (tertiary/aromatic N) is 2. The smallest absolute Gasteiger partial charge is 0.338 e. The Hall–Kier alpha value is -2.01. The number of aryl methyl sites for hydroxylation is 1. The van der Waals surface area contributed by atoms with Gasteiger partial charge in [-0.2, -0.15) is 0 Å². The highest BCUT2D eigenvalue weighted by Crippen LogP contribution is 2.24. The van der Waals surface area contributed by atoms with Crippen molar-refractivity contribution < 1.29 is 14.3 Å². The fourth-order valence-corrected chi connectivity index (χ4v) is 1.68. The van der Waals surface area contributed by atoms with E-state index in [0.717, 1.165) is 11.6 Å². The number of carbonyl (C=O) groups is 1. The van der Waals surface area contributed by atoms with Gasteiger partial charge < -0.3 is 5.11 Å². The molecule has 18 heavy (non-hydrogen) atoms. The van der Waals surface area contributed by atoms with E-state index in [1.165, 1.54) is 18.3 Å². The summed E-state index contributed by atoms with van der Waals surface area (Å²) in [6.45, 7) is 1.76. The monoisotopic (exact) mass is 266 g/mol. The highest BCUT2D eigenvalue weighted by atomic mass is 35.5. The fourth-order valence-electron chi connectivity index (χ4n) is 1.55. The molecule has 92 valence electrons. The van der Waals surface area contributed by atoms with Crippen LogP contribution in [0, 0.1) is 12.7 Å². The minimum Gasteiger partial charge on any atom is -0.478 e. The second-order valence-corrected chi connectivity index (χ2v) is 4.01. The van der Waals surface area contributed by atoms with Gasteiger partial charge in [0.05, 0.1) is 11.3 Å². The van der Waals surface area contributed by atoms with Crippen molar-refractivity contribution in [1.29, 1.82) is 0 Å². The van der Waals surface area contributed by atoms with E-state index in [4.69, 9.17) is 16.7 Å². The molecule has 0 bridgehead atoms. The van der Waals surface area contributed by atoms with Gasteiger partial charge in [0.2, 0.25) is 5.28 Å². The number of carboxylic acids is 1. The number of aromatic nitrogens is 2. The molecule has 0 aliphatic heterocycles. The second kappa shape index (κ2) is 4.70. The van der Waals surface area contributed by atoms with Crippen LogP contribution in [0.3, 0.4) is 0 Å². The lowest BCUT2D eigenvalue weighted by atomic mass is 10.1. The van der Waals surface area contributed by atoms with Crippen LogP contribution in [0.2, 0.25) is 5.28 Å². The van der Waals surface area contributed by atoms with E-state index in [9.17, 15) is 9.18 Å². The van der Waals surface area contributed by atoms with Crippen LogP contribution in [0.25, 0.3) is 11.3 Å². The third-order valence-electron chi connectivity index (χ3n) is 2.42. The lowest BCUT2D eigenvalue weighted by Crippen LogP contribution is -2.01. The van der Waals surface area contributed by atoms with Gasteiger partial charge in [-0.25, -0.2) is 19.2 Å². The summed E-state index contributed by atoms with van der Waals surface area (Å²) >= 11 is 5.68. The van der Waals surface area contributed by atoms with Crippen molar-refractivity contribution in [1.82, 2.24) is 9.97 Å². The molecule has 2 aromatic rings. The van der Waals surface area contributed by atoms with Crippen LogP contribution in [-0.2, 0) is 0 Å². The predicted molar refractivity (Wildman–Crippen MR) is 64.1 cm³/mol. The van der Waals surface area contributed by atoms with Gasteiger partial charge in [0.25, 0.3) is 0 Å². The molecule has 6 heteroatoms. The Balaban J connectivity index is 2.55. The minimum atomic E-state index is -1.31. The zero-order chi connectivity index (χ0) is 13.3. The summed E-state index contributed by atoms with van der Waals surface area (Å²) in [7, 11) is 0. The molecule has 0 saturated carbocycles. The highest BCUT2D eigenvalue weighted by molar-refractivity contribution is 6.28. The first-order valence-corrected chi connectivity index (χ1v) is 5.39. The molecule has 1 heterocycles. The number of aromatic carboxylic acids is 1. The number of carboxylic acid groups (broad SMARTS) is 1. The Morgan fingerprint density at radius 2 is 2.17 bits per heavy atom. The van der Waals surface area contributed by atoms with Gasteiger partial charge in [0, 0.05) is 11.8 Å². The average Bonchev–Trinajstić information content (AvgIpc) is 2.31. The van der Waals surface area contributed by atoms with E-state index in [-0.39, 0.29) is 10.8 Å². The van der Waals surface area contributed by atoms with Crippen LogP contribution < -0.4 is 0 Å². The van der Waals surface area contributed by atoms with Gasteiger partial charge in [-0.05, 0) is 36.2 Å². The maximum atomic E-state index is 13.6. The molecule has 2 rings (SSSR count). The summed E-state index contributed by atoms with van der Waals surface area (Å²) in [5, 5.41) is 8.79. The molecule has 0 aliphatic carbocycles. The Morgan fingerprint density at radius 1 is 1.44 bits per heavy atom. The Kier molecular flexibility index (Phi) is 3.25. The molecule has 0 fully saturated rings. The summed E-state index contributed by atoms with van der Waals surface area (Å²) in [6, 6.07) is 3.80. The molecule has 0 aliphatic rings. The van der Waals surface area contributed by atoms with Crippen molar-refractivity contribution in [2.24, 2.45) is 0 Å². The molecule has 0 radical (unpaired) electrons. The van der Waals surface area contributed by atoms with Gasteiger partial charge in [-0.1, -0.05) is 6.07 Å². The molecule has 1 aromatic heterocycles. The maximum absolute atomic E-state index is 13.6. The van der Waals surface area contributed by atoms with E-state index in [2.05, 4.69) is 9.97 Å². The van der Waals surface area contributed by atoms with E-state index in [0.29, 0.717) is 11.3 Å². The van der Waals surface area contributed by atoms with E-state index in [1.54, 1.807) is 6.92 Å². The highest BCUT2D eigenvalue weighted by Gasteiger charge is 2.13. The Bertz CT molecular complexity index is 631. The van der Waals surface area contributed by atoms with Crippen LogP contribution in [0.15, 0.2) is 24.4 Å². The van der Waals surface area contributed by atoms with Crippen LogP contribution in [0.4, 0.5) is 4.39 Å². The first-order valence-electron chi connectivity index (χ1n) is 5.01. The molecule has 1 aromatic carbocycles. The van der Waals surface area contributed by atoms with E-state index in [1.807, 2.05) is 0 Å². The van der Waals surface area contributed by atoms with Gasteiger partial charge in [0.1, 0.15) is 5.82 Å². The number of rotatable bonds is 2. The Morgan fingerprint density at radius 3 is 2.78 bits per heavy atom. The molecule has 0 unspecified atom stereocenters. The fraction of sp³-hybridized carbons (Fsp3) is 0.0833. The number of hydrogen-bond donors (Lipinski definition) is 1. The third-order valence-corrected chi connectivity index (χ3v) is 2.60. The van der Waals surface area contributed by atoms with Crippen LogP contribution in [0.5, 0.6) is 0 Å². The molecular weight excluding hydrogens is 259 g/mol. The molecule has 4 nitrogen and oxygen atoms in total. The second-order valence-electron chi connectivity index (χ2n) is 3.67. The minimum absolute atomic E-state index is 0.0540. The van der Waals surface area contributed by atoms with E-state index >= 15 is 0 Å². The van der Waals surface area contributed by atoms with Crippen molar-refractivity contribution in [3.63, 3.8) is 0 Å². The zero-order valence-electron chi connectivity index (χ0n) is 9.32. The average molecular weight is 267 g/mol. The molecule has 0 amide bonds. The largest absolute Gasteiger partial charge is 0.478 e. The summed E-state index contributed by atoms with van der Waals surface area (Å²) < 4.78 is 13.6. The van der Waals surface area contributed by atoms with Crippen molar-refractivity contribution >= 4 is 17.6 Å². The standard InChI is InChI=1S/C12H8ClFN2O2/c1-6-5-15-12(13)16-10(6)7-2-3-8(11(17)18)9(14)4-7/h2-5H,1H3,(H,17,18). The normalized spacial score (nSPS) is 10.4. The van der Waals surface area contributed by atoms with Crippen molar-refractivity contribution in [3.8, 4) is 11.3 Å². The zero-order valence-corrected chi connectivity index (χ0v) is 10.1. The molecular formula is C12H8ClFN2O2. The van der Waals surface area contributed by atoms with Crippen molar-refractivity contribution in [2.75, 3.05) is 0 Å². The maximum Gasteiger partial charge on any atom is 0.338 e. The first kappa shape index (κ1) is 12.4. The van der Waals surface area contributed by atoms with Crippen LogP contribution in [-0.4, -0.2) is 21.0 Å². The van der Waals surface area contributed by atoms with Gasteiger partial charge >= 0.3 is 5.97 Å². The topological polar surface area (TPSA) is 63.1 Å². The van der Waals surface area contributed by atoms with Crippen molar-refractivity contribution in [3.05, 3.63) is 46.6 Å². The SMILES string of the molecule is Cc1cnc(Cl)nc1-c1ccc(C(=O)O)c(F)c1. The molecule has 0 atom stereocenters. The number of hydrogen-bond acceptors (Lipinski definition) is 3. The van der Waals surface area contributed by atoms with Crippen molar-refractivity contribution in [2.45, 2.75) is 6.92 Å². The summed E-state index contributed by atoms with van der Waals surface area (Å²) in [6.07, 6.45) is 1.52. The van der Waals surface area contributed by atoms with E-state index < -0.39 is 11.8 Å². The lowest BCUT2D eigenvalue weighted by Gasteiger charge is -2.06. The molecule has 1 N–H and O–H groups in total. The van der Waals surface area contributed by atoms with Crippen LogP contribution >= 0.6 is 11.6 Å². The third kappa shape index (κ3) is 2.31. The quantitative estimate of drug-likeness (QED) is 0.849. The predicted octanol–water partition coefficient (Wildman–Crippen LogP) is 2.94. The summed E-state index contributed by atoms with van der Waals surface area (Å²) in [4.78, 5) is 18.5. The summed E-state index contributed by atoms with van der Waals surface area (Å²) in [5.41, 5.74) is 1.28. The van der Waals surface area contributed by atoms with Gasteiger partial charge in [0.15, 0.2) is 0 Å². The molecule has 0 saturated heterocycles. The lowest BCUT2D eigenvalue weighted by molar-refractivity contribution is 0.0692. The summed E-state index contributed by atoms with van der Waals surface area (Å²) in [5.74, 6) is -2.12. The van der Waals surface area contributed by atoms with Gasteiger partial charge in [-0.15, -0.1) is 0 Å². The number of benzene rings is 1. The number of halogens is 2.